The number of benzene rings is 1. The summed E-state index contributed by atoms with van der Waals surface area (Å²) in [5.41, 5.74) is 3.52. The van der Waals surface area contributed by atoms with E-state index in [2.05, 4.69) is 5.10 Å². The maximum Gasteiger partial charge on any atom is 0.153 e. The van der Waals surface area contributed by atoms with Gasteiger partial charge in [-0.3, -0.25) is 9.48 Å². The van der Waals surface area contributed by atoms with Crippen LogP contribution in [0, 0.1) is 25.2 Å². The van der Waals surface area contributed by atoms with E-state index in [9.17, 15) is 4.79 Å². The molecule has 0 amide bonds. The Bertz CT molecular complexity index is 683. The normalized spacial score (nSPS) is 10.2. The van der Waals surface area contributed by atoms with Crippen LogP contribution in [0.25, 0.3) is 0 Å². The van der Waals surface area contributed by atoms with Crippen molar-refractivity contribution in [1.82, 2.24) is 9.78 Å². The molecule has 0 aliphatic carbocycles. The van der Waals surface area contributed by atoms with Crippen LogP contribution in [0.4, 0.5) is 0 Å². The van der Waals surface area contributed by atoms with Crippen LogP contribution < -0.4 is 0 Å². The Morgan fingerprint density at radius 3 is 2.74 bits per heavy atom. The van der Waals surface area contributed by atoms with Crippen molar-refractivity contribution in [1.29, 1.82) is 5.26 Å². The standard InChI is InChI=1S/C14H12ClN3O/c1-9-13(8-19)10(2)18(17-9)7-12-4-3-11(6-16)5-14(12)15/h3-5,8H,7H2,1-2H3. The lowest BCUT2D eigenvalue weighted by Crippen LogP contribution is -2.05. The molecule has 0 saturated carbocycles. The molecule has 1 aromatic heterocycles. The number of halogens is 1. The average molecular weight is 274 g/mol. The summed E-state index contributed by atoms with van der Waals surface area (Å²) in [6.45, 7) is 4.12. The Morgan fingerprint density at radius 1 is 1.47 bits per heavy atom. The molecule has 0 aliphatic rings. The fourth-order valence-corrected chi connectivity index (χ4v) is 2.18. The quantitative estimate of drug-likeness (QED) is 0.808. The van der Waals surface area contributed by atoms with E-state index in [0.29, 0.717) is 28.4 Å². The van der Waals surface area contributed by atoms with Gasteiger partial charge in [0, 0.05) is 10.7 Å². The minimum absolute atomic E-state index is 0.477. The molecule has 0 aliphatic heterocycles. The van der Waals surface area contributed by atoms with Crippen molar-refractivity contribution in [2.24, 2.45) is 0 Å². The molecule has 0 unspecified atom stereocenters. The number of aryl methyl sites for hydroxylation is 1. The highest BCUT2D eigenvalue weighted by Gasteiger charge is 2.12. The van der Waals surface area contributed by atoms with Crippen molar-refractivity contribution in [3.63, 3.8) is 0 Å². The van der Waals surface area contributed by atoms with Gasteiger partial charge in [0.25, 0.3) is 0 Å². The van der Waals surface area contributed by atoms with E-state index in [0.717, 1.165) is 17.5 Å². The second-order valence-corrected chi connectivity index (χ2v) is 4.69. The van der Waals surface area contributed by atoms with Crippen molar-refractivity contribution in [2.45, 2.75) is 20.4 Å². The second kappa shape index (κ2) is 5.25. The van der Waals surface area contributed by atoms with Crippen molar-refractivity contribution >= 4 is 17.9 Å². The number of rotatable bonds is 3. The van der Waals surface area contributed by atoms with Gasteiger partial charge in [-0.2, -0.15) is 10.4 Å². The maximum absolute atomic E-state index is 10.9. The predicted octanol–water partition coefficient (Wildman–Crippen LogP) is 2.89. The van der Waals surface area contributed by atoms with E-state index in [1.165, 1.54) is 0 Å². The van der Waals surface area contributed by atoms with Crippen molar-refractivity contribution < 1.29 is 4.79 Å². The topological polar surface area (TPSA) is 58.7 Å². The highest BCUT2D eigenvalue weighted by molar-refractivity contribution is 6.31. The van der Waals surface area contributed by atoms with Crippen LogP contribution in [-0.4, -0.2) is 16.1 Å². The van der Waals surface area contributed by atoms with E-state index >= 15 is 0 Å². The summed E-state index contributed by atoms with van der Waals surface area (Å²) in [5, 5.41) is 13.6. The molecule has 0 bridgehead atoms. The summed E-state index contributed by atoms with van der Waals surface area (Å²) in [4.78, 5) is 10.9. The third kappa shape index (κ3) is 2.51. The van der Waals surface area contributed by atoms with Gasteiger partial charge in [-0.05, 0) is 31.5 Å². The molecular weight excluding hydrogens is 262 g/mol. The summed E-state index contributed by atoms with van der Waals surface area (Å²) < 4.78 is 1.74. The first-order valence-electron chi connectivity index (χ1n) is 5.74. The number of nitrogens with zero attached hydrogens (tertiary/aromatic N) is 3. The van der Waals surface area contributed by atoms with Gasteiger partial charge in [0.1, 0.15) is 0 Å². The number of aldehydes is 1. The van der Waals surface area contributed by atoms with Crippen LogP contribution >= 0.6 is 11.6 Å². The molecule has 1 aromatic carbocycles. The Balaban J connectivity index is 2.37. The molecule has 0 radical (unpaired) electrons. The molecular formula is C14H12ClN3O. The third-order valence-corrected chi connectivity index (χ3v) is 3.41. The Morgan fingerprint density at radius 2 is 2.21 bits per heavy atom. The summed E-state index contributed by atoms with van der Waals surface area (Å²) in [6.07, 6.45) is 0.814. The van der Waals surface area contributed by atoms with Crippen molar-refractivity contribution in [3.05, 3.63) is 51.3 Å². The molecule has 19 heavy (non-hydrogen) atoms. The molecule has 1 heterocycles. The fourth-order valence-electron chi connectivity index (χ4n) is 1.94. The molecule has 2 rings (SSSR count). The van der Waals surface area contributed by atoms with Gasteiger partial charge in [0.05, 0.1) is 29.4 Å². The molecule has 2 aromatic rings. The van der Waals surface area contributed by atoms with Crippen molar-refractivity contribution in [3.8, 4) is 6.07 Å². The van der Waals surface area contributed by atoms with Crippen LogP contribution in [0.2, 0.25) is 5.02 Å². The van der Waals surface area contributed by atoms with Crippen molar-refractivity contribution in [2.75, 3.05) is 0 Å². The largest absolute Gasteiger partial charge is 0.298 e. The molecule has 96 valence electrons. The summed E-state index contributed by atoms with van der Waals surface area (Å²) in [5.74, 6) is 0. The molecule has 0 spiro atoms. The van der Waals surface area contributed by atoms with Gasteiger partial charge in [-0.15, -0.1) is 0 Å². The second-order valence-electron chi connectivity index (χ2n) is 4.28. The summed E-state index contributed by atoms with van der Waals surface area (Å²) in [6, 6.07) is 7.19. The molecule has 4 nitrogen and oxygen atoms in total. The van der Waals surface area contributed by atoms with Gasteiger partial charge in [0.2, 0.25) is 0 Å². The minimum atomic E-state index is 0.477. The molecule has 0 atom stereocenters. The van der Waals surface area contributed by atoms with Gasteiger partial charge in [-0.1, -0.05) is 17.7 Å². The highest BCUT2D eigenvalue weighted by atomic mass is 35.5. The van der Waals surface area contributed by atoms with E-state index in [1.807, 2.05) is 13.0 Å². The van der Waals surface area contributed by atoms with Crippen LogP contribution in [0.1, 0.15) is 32.9 Å². The molecule has 0 N–H and O–H groups in total. The SMILES string of the molecule is Cc1nn(Cc2ccc(C#N)cc2Cl)c(C)c1C=O. The fraction of sp³-hybridized carbons (Fsp3) is 0.214. The first kappa shape index (κ1) is 13.3. The smallest absolute Gasteiger partial charge is 0.153 e. The predicted molar refractivity (Wildman–Crippen MR) is 72.4 cm³/mol. The Labute approximate surface area is 116 Å². The number of aromatic nitrogens is 2. The zero-order chi connectivity index (χ0) is 14.0. The van der Waals surface area contributed by atoms with Gasteiger partial charge >= 0.3 is 0 Å². The lowest BCUT2D eigenvalue weighted by molar-refractivity contribution is 0.112. The first-order valence-corrected chi connectivity index (χ1v) is 6.12. The maximum atomic E-state index is 10.9. The van der Waals surface area contributed by atoms with Crippen LogP contribution in [-0.2, 0) is 6.54 Å². The summed E-state index contributed by atoms with van der Waals surface area (Å²) >= 11 is 6.13. The van der Waals surface area contributed by atoms with Crippen LogP contribution in [0.3, 0.4) is 0 Å². The minimum Gasteiger partial charge on any atom is -0.298 e. The van der Waals surface area contributed by atoms with Gasteiger partial charge in [0.15, 0.2) is 6.29 Å². The molecule has 0 saturated heterocycles. The third-order valence-electron chi connectivity index (χ3n) is 3.06. The number of hydrogen-bond acceptors (Lipinski definition) is 3. The number of carbonyl (C=O) groups is 1. The number of hydrogen-bond donors (Lipinski definition) is 0. The zero-order valence-corrected chi connectivity index (χ0v) is 11.4. The van der Waals surface area contributed by atoms with E-state index in [1.54, 1.807) is 29.8 Å². The monoisotopic (exact) mass is 273 g/mol. The van der Waals surface area contributed by atoms with E-state index in [-0.39, 0.29) is 0 Å². The Kier molecular flexibility index (Phi) is 3.68. The lowest BCUT2D eigenvalue weighted by Gasteiger charge is -2.07. The zero-order valence-electron chi connectivity index (χ0n) is 10.6. The lowest BCUT2D eigenvalue weighted by atomic mass is 10.1. The van der Waals surface area contributed by atoms with Crippen LogP contribution in [0.5, 0.6) is 0 Å². The highest BCUT2D eigenvalue weighted by Crippen LogP contribution is 2.20. The average Bonchev–Trinajstić information content (AvgIpc) is 2.66. The van der Waals surface area contributed by atoms with E-state index in [4.69, 9.17) is 16.9 Å². The van der Waals surface area contributed by atoms with Gasteiger partial charge < -0.3 is 0 Å². The molecule has 5 heteroatoms. The van der Waals surface area contributed by atoms with Gasteiger partial charge in [-0.25, -0.2) is 0 Å². The first-order chi connectivity index (χ1) is 9.06. The molecule has 0 fully saturated rings. The van der Waals surface area contributed by atoms with E-state index < -0.39 is 0 Å². The Hall–Kier alpha value is -2.12. The van der Waals surface area contributed by atoms with Crippen LogP contribution in [0.15, 0.2) is 18.2 Å². The number of carbonyl (C=O) groups excluding carboxylic acids is 1. The number of nitriles is 1. The summed E-state index contributed by atoms with van der Waals surface area (Å²) in [7, 11) is 0.